The van der Waals surface area contributed by atoms with Crippen molar-refractivity contribution >= 4 is 29.2 Å². The molecule has 0 heterocycles. The van der Waals surface area contributed by atoms with Crippen molar-refractivity contribution in [2.45, 2.75) is 25.6 Å². The van der Waals surface area contributed by atoms with Gasteiger partial charge in [-0.1, -0.05) is 37.6 Å². The number of hydrogen-bond donors (Lipinski definition) is 1. The van der Waals surface area contributed by atoms with Crippen molar-refractivity contribution in [3.63, 3.8) is 0 Å². The Kier molecular flexibility index (Phi) is 4.63. The molecule has 1 aromatic carbocycles. The molecule has 0 aromatic heterocycles. The number of carbonyl (C=O) groups is 1. The van der Waals surface area contributed by atoms with E-state index in [9.17, 15) is 4.79 Å². The van der Waals surface area contributed by atoms with Crippen LogP contribution in [0.15, 0.2) is 18.2 Å². The highest BCUT2D eigenvalue weighted by Gasteiger charge is 2.16. The fourth-order valence-corrected chi connectivity index (χ4v) is 2.00. The third kappa shape index (κ3) is 3.39. The number of rotatable bonds is 4. The van der Waals surface area contributed by atoms with Crippen molar-refractivity contribution in [3.05, 3.63) is 34.3 Å². The largest absolute Gasteiger partial charge is 0.481 e. The van der Waals surface area contributed by atoms with Gasteiger partial charge in [0.1, 0.15) is 0 Å². The molecule has 1 aromatic rings. The van der Waals surface area contributed by atoms with Crippen molar-refractivity contribution < 1.29 is 9.90 Å². The maximum atomic E-state index is 10.5. The first-order chi connectivity index (χ1) is 7.41. The molecule has 0 saturated carbocycles. The topological polar surface area (TPSA) is 37.3 Å². The second kappa shape index (κ2) is 5.55. The third-order valence-corrected chi connectivity index (χ3v) is 3.37. The molecule has 0 aliphatic carbocycles. The molecule has 4 heteroatoms. The molecule has 0 bridgehead atoms. The zero-order chi connectivity index (χ0) is 12.3. The van der Waals surface area contributed by atoms with Gasteiger partial charge in [-0.2, -0.15) is 0 Å². The van der Waals surface area contributed by atoms with Gasteiger partial charge in [0.25, 0.3) is 0 Å². The lowest BCUT2D eigenvalue weighted by Gasteiger charge is -2.15. The van der Waals surface area contributed by atoms with Crippen LogP contribution in [0.4, 0.5) is 0 Å². The van der Waals surface area contributed by atoms with E-state index in [1.54, 1.807) is 18.2 Å². The van der Waals surface area contributed by atoms with Crippen LogP contribution in [-0.4, -0.2) is 11.1 Å². The highest BCUT2D eigenvalue weighted by Crippen LogP contribution is 2.33. The summed E-state index contributed by atoms with van der Waals surface area (Å²) in [5.74, 6) is -0.584. The number of aliphatic carboxylic acids is 1. The number of alkyl halides is 1. The van der Waals surface area contributed by atoms with Crippen LogP contribution in [0.5, 0.6) is 0 Å². The Morgan fingerprint density at radius 1 is 1.44 bits per heavy atom. The summed E-state index contributed by atoms with van der Waals surface area (Å²) >= 11 is 12.3. The molecule has 0 fully saturated rings. The minimum atomic E-state index is -0.866. The van der Waals surface area contributed by atoms with Crippen molar-refractivity contribution in [2.75, 3.05) is 0 Å². The van der Waals surface area contributed by atoms with E-state index in [0.717, 1.165) is 5.56 Å². The predicted molar refractivity (Wildman–Crippen MR) is 66.2 cm³/mol. The van der Waals surface area contributed by atoms with E-state index in [1.807, 2.05) is 13.8 Å². The molecule has 0 amide bonds. The minimum Gasteiger partial charge on any atom is -0.481 e. The van der Waals surface area contributed by atoms with Gasteiger partial charge in [-0.05, 0) is 23.1 Å². The van der Waals surface area contributed by atoms with Crippen LogP contribution < -0.4 is 0 Å². The van der Waals surface area contributed by atoms with E-state index in [0.29, 0.717) is 10.6 Å². The van der Waals surface area contributed by atoms with Gasteiger partial charge < -0.3 is 5.11 Å². The summed E-state index contributed by atoms with van der Waals surface area (Å²) in [5.41, 5.74) is 1.54. The van der Waals surface area contributed by atoms with Crippen molar-refractivity contribution in [3.8, 4) is 0 Å². The fourth-order valence-electron chi connectivity index (χ4n) is 1.44. The predicted octanol–water partition coefficient (Wildman–Crippen LogP) is 3.90. The van der Waals surface area contributed by atoms with Crippen molar-refractivity contribution in [2.24, 2.45) is 5.92 Å². The van der Waals surface area contributed by atoms with Crippen LogP contribution >= 0.6 is 23.2 Å². The van der Waals surface area contributed by atoms with Crippen LogP contribution in [0.2, 0.25) is 5.02 Å². The molecule has 88 valence electrons. The highest BCUT2D eigenvalue weighted by atomic mass is 35.5. The van der Waals surface area contributed by atoms with Crippen LogP contribution in [0.3, 0.4) is 0 Å². The zero-order valence-corrected chi connectivity index (χ0v) is 10.7. The molecule has 0 radical (unpaired) electrons. The highest BCUT2D eigenvalue weighted by molar-refractivity contribution is 6.32. The summed E-state index contributed by atoms with van der Waals surface area (Å²) in [7, 11) is 0. The molecule has 1 N–H and O–H groups in total. The second-order valence-corrected chi connectivity index (χ2v) is 4.95. The maximum absolute atomic E-state index is 10.5. The lowest BCUT2D eigenvalue weighted by atomic mass is 10.00. The number of carboxylic acids is 1. The van der Waals surface area contributed by atoms with E-state index >= 15 is 0 Å². The molecule has 16 heavy (non-hydrogen) atoms. The molecule has 0 saturated heterocycles. The Hall–Kier alpha value is -0.730. The van der Waals surface area contributed by atoms with E-state index in [2.05, 4.69) is 0 Å². The van der Waals surface area contributed by atoms with E-state index in [-0.39, 0.29) is 17.7 Å². The first kappa shape index (κ1) is 13.3. The molecule has 2 nitrogen and oxygen atoms in total. The van der Waals surface area contributed by atoms with Gasteiger partial charge in [-0.25, -0.2) is 0 Å². The van der Waals surface area contributed by atoms with Crippen LogP contribution in [-0.2, 0) is 11.2 Å². The lowest BCUT2D eigenvalue weighted by Crippen LogP contribution is -2.03. The van der Waals surface area contributed by atoms with Crippen LogP contribution in [0.1, 0.15) is 30.4 Å². The Bertz CT molecular complexity index is 389. The second-order valence-electron chi connectivity index (χ2n) is 4.07. The monoisotopic (exact) mass is 260 g/mol. The van der Waals surface area contributed by atoms with E-state index < -0.39 is 5.97 Å². The summed E-state index contributed by atoms with van der Waals surface area (Å²) in [5, 5.41) is 9.04. The first-order valence-electron chi connectivity index (χ1n) is 5.06. The summed E-state index contributed by atoms with van der Waals surface area (Å²) in [6.07, 6.45) is -0.0192. The van der Waals surface area contributed by atoms with Gasteiger partial charge in [-0.3, -0.25) is 4.79 Å². The molecule has 0 spiro atoms. The fraction of sp³-hybridized carbons (Fsp3) is 0.417. The number of halogens is 2. The number of carboxylic acid groups (broad SMARTS) is 1. The van der Waals surface area contributed by atoms with Crippen LogP contribution in [0.25, 0.3) is 0 Å². The van der Waals surface area contributed by atoms with Gasteiger partial charge in [0, 0.05) is 5.02 Å². The Balaban J connectivity index is 2.95. The summed E-state index contributed by atoms with van der Waals surface area (Å²) in [4.78, 5) is 10.5. The van der Waals surface area contributed by atoms with Gasteiger partial charge >= 0.3 is 5.97 Å². The Morgan fingerprint density at radius 2 is 2.06 bits per heavy atom. The molecule has 0 aliphatic rings. The normalized spacial score (nSPS) is 12.8. The average molecular weight is 261 g/mol. The third-order valence-electron chi connectivity index (χ3n) is 2.30. The minimum absolute atomic E-state index is 0.0192. The molecule has 1 rings (SSSR count). The first-order valence-corrected chi connectivity index (χ1v) is 5.87. The molecule has 1 atom stereocenters. The Labute approximate surface area is 105 Å². The summed E-state index contributed by atoms with van der Waals surface area (Å²) in [6, 6.07) is 5.23. The smallest absolute Gasteiger partial charge is 0.307 e. The molecule has 1 unspecified atom stereocenters. The van der Waals surface area contributed by atoms with Gasteiger partial charge in [0.05, 0.1) is 11.8 Å². The standard InChI is InChI=1S/C12H14Cl2O2/c1-7(2)12(14)9-4-3-8(5-10(9)13)6-11(15)16/h3-5,7,12H,6H2,1-2H3,(H,15,16). The van der Waals surface area contributed by atoms with Gasteiger partial charge in [0.2, 0.25) is 0 Å². The maximum Gasteiger partial charge on any atom is 0.307 e. The Morgan fingerprint density at radius 3 is 2.50 bits per heavy atom. The molecular weight excluding hydrogens is 247 g/mol. The molecular formula is C12H14Cl2O2. The number of benzene rings is 1. The number of hydrogen-bond acceptors (Lipinski definition) is 1. The SMILES string of the molecule is CC(C)C(Cl)c1ccc(CC(=O)O)cc1Cl. The molecule has 0 aliphatic heterocycles. The summed E-state index contributed by atoms with van der Waals surface area (Å²) in [6.45, 7) is 4.03. The zero-order valence-electron chi connectivity index (χ0n) is 9.21. The van der Waals surface area contributed by atoms with Gasteiger partial charge in [0.15, 0.2) is 0 Å². The van der Waals surface area contributed by atoms with Crippen LogP contribution in [0, 0.1) is 5.92 Å². The quantitative estimate of drug-likeness (QED) is 0.834. The van der Waals surface area contributed by atoms with Crippen molar-refractivity contribution in [1.82, 2.24) is 0 Å². The van der Waals surface area contributed by atoms with Gasteiger partial charge in [-0.15, -0.1) is 11.6 Å². The lowest BCUT2D eigenvalue weighted by molar-refractivity contribution is -0.136. The van der Waals surface area contributed by atoms with E-state index in [1.165, 1.54) is 0 Å². The average Bonchev–Trinajstić information content (AvgIpc) is 2.15. The van der Waals surface area contributed by atoms with Crippen molar-refractivity contribution in [1.29, 1.82) is 0 Å². The summed E-state index contributed by atoms with van der Waals surface area (Å²) < 4.78 is 0. The van der Waals surface area contributed by atoms with E-state index in [4.69, 9.17) is 28.3 Å².